The van der Waals surface area contributed by atoms with E-state index in [-0.39, 0.29) is 0 Å². The zero-order chi connectivity index (χ0) is 7.98. The van der Waals surface area contributed by atoms with Crippen LogP contribution in [0.25, 0.3) is 0 Å². The van der Waals surface area contributed by atoms with Crippen LogP contribution in [-0.4, -0.2) is 24.4 Å². The van der Waals surface area contributed by atoms with Gasteiger partial charge in [0, 0.05) is 11.6 Å². The predicted molar refractivity (Wildman–Crippen MR) is 42.9 cm³/mol. The fourth-order valence-electron chi connectivity index (χ4n) is 0.677. The molecule has 0 aliphatic carbocycles. The second kappa shape index (κ2) is 5.30. The predicted octanol–water partition coefficient (Wildman–Crippen LogP) is 1.61. The van der Waals surface area contributed by atoms with E-state index >= 15 is 0 Å². The molecule has 2 nitrogen and oxygen atoms in total. The van der Waals surface area contributed by atoms with Crippen LogP contribution in [0, 0.1) is 0 Å². The first-order valence-electron chi connectivity index (χ1n) is 3.23. The highest BCUT2D eigenvalue weighted by Crippen LogP contribution is 1.99. The number of halogens is 1. The topological polar surface area (TPSA) is 20.3 Å². The minimum Gasteiger partial charge on any atom is -0.340 e. The standard InChI is InChI=1S/C7H12ClNO/c1-3-4-9(6-10)5-7(2)8/h6H,2-5H2,1H3. The Morgan fingerprint density at radius 1 is 1.80 bits per heavy atom. The Kier molecular flexibility index (Phi) is 5.03. The molecule has 0 aromatic heterocycles. The molecule has 0 rings (SSSR count). The van der Waals surface area contributed by atoms with Crippen LogP contribution in [0.4, 0.5) is 0 Å². The molecule has 0 unspecified atom stereocenters. The van der Waals surface area contributed by atoms with Crippen molar-refractivity contribution in [1.29, 1.82) is 0 Å². The van der Waals surface area contributed by atoms with E-state index in [1.165, 1.54) is 0 Å². The molecule has 1 amide bonds. The average Bonchev–Trinajstić information content (AvgIpc) is 1.86. The minimum absolute atomic E-state index is 0.457. The van der Waals surface area contributed by atoms with E-state index in [4.69, 9.17) is 11.6 Å². The summed E-state index contributed by atoms with van der Waals surface area (Å²) in [5.74, 6) is 0. The maximum absolute atomic E-state index is 10.3. The number of carbonyl (C=O) groups excluding carboxylic acids is 1. The van der Waals surface area contributed by atoms with Crippen molar-refractivity contribution in [1.82, 2.24) is 4.90 Å². The molecule has 0 N–H and O–H groups in total. The largest absolute Gasteiger partial charge is 0.340 e. The molecule has 0 heterocycles. The third kappa shape index (κ3) is 4.39. The van der Waals surface area contributed by atoms with Crippen molar-refractivity contribution >= 4 is 18.0 Å². The summed E-state index contributed by atoms with van der Waals surface area (Å²) in [7, 11) is 0. The highest BCUT2D eigenvalue weighted by Gasteiger charge is 1.98. The van der Waals surface area contributed by atoms with Crippen molar-refractivity contribution in [2.24, 2.45) is 0 Å². The molecule has 0 aliphatic rings. The van der Waals surface area contributed by atoms with Crippen LogP contribution in [0.1, 0.15) is 13.3 Å². The number of nitrogens with zero attached hydrogens (tertiary/aromatic N) is 1. The molecular weight excluding hydrogens is 150 g/mol. The normalized spacial score (nSPS) is 9.00. The second-order valence-electron chi connectivity index (χ2n) is 2.09. The van der Waals surface area contributed by atoms with E-state index < -0.39 is 0 Å². The molecular formula is C7H12ClNO. The lowest BCUT2D eigenvalue weighted by molar-refractivity contribution is -0.117. The van der Waals surface area contributed by atoms with Crippen molar-refractivity contribution < 1.29 is 4.79 Å². The number of amides is 1. The van der Waals surface area contributed by atoms with Crippen LogP contribution in [0.3, 0.4) is 0 Å². The van der Waals surface area contributed by atoms with Crippen LogP contribution < -0.4 is 0 Å². The van der Waals surface area contributed by atoms with Gasteiger partial charge >= 0.3 is 0 Å². The van der Waals surface area contributed by atoms with Crippen LogP contribution in [0.2, 0.25) is 0 Å². The van der Waals surface area contributed by atoms with Gasteiger partial charge in [-0.3, -0.25) is 4.79 Å². The second-order valence-corrected chi connectivity index (χ2v) is 2.63. The summed E-state index contributed by atoms with van der Waals surface area (Å²) in [4.78, 5) is 11.8. The van der Waals surface area contributed by atoms with E-state index in [0.717, 1.165) is 19.4 Å². The van der Waals surface area contributed by atoms with Crippen molar-refractivity contribution in [2.45, 2.75) is 13.3 Å². The first-order valence-corrected chi connectivity index (χ1v) is 3.61. The number of rotatable bonds is 5. The molecule has 0 aromatic rings. The Morgan fingerprint density at radius 2 is 2.40 bits per heavy atom. The molecule has 0 bridgehead atoms. The van der Waals surface area contributed by atoms with Crippen molar-refractivity contribution in [3.05, 3.63) is 11.6 Å². The van der Waals surface area contributed by atoms with Gasteiger partial charge in [0.25, 0.3) is 0 Å². The minimum atomic E-state index is 0.457. The lowest BCUT2D eigenvalue weighted by Crippen LogP contribution is -2.23. The monoisotopic (exact) mass is 161 g/mol. The summed E-state index contributed by atoms with van der Waals surface area (Å²) < 4.78 is 0. The average molecular weight is 162 g/mol. The van der Waals surface area contributed by atoms with Crippen molar-refractivity contribution in [2.75, 3.05) is 13.1 Å². The van der Waals surface area contributed by atoms with Crippen LogP contribution >= 0.6 is 11.6 Å². The zero-order valence-electron chi connectivity index (χ0n) is 6.14. The molecule has 0 fully saturated rings. The summed E-state index contributed by atoms with van der Waals surface area (Å²) in [6.45, 7) is 6.70. The molecule has 0 saturated carbocycles. The molecule has 10 heavy (non-hydrogen) atoms. The molecule has 0 atom stereocenters. The van der Waals surface area contributed by atoms with Gasteiger partial charge in [0.15, 0.2) is 0 Å². The van der Waals surface area contributed by atoms with Gasteiger partial charge in [0.05, 0.1) is 6.54 Å². The summed E-state index contributed by atoms with van der Waals surface area (Å²) in [5, 5.41) is 0.501. The Bertz CT molecular complexity index is 125. The highest BCUT2D eigenvalue weighted by atomic mass is 35.5. The molecule has 0 aliphatic heterocycles. The molecule has 0 saturated heterocycles. The molecule has 58 valence electrons. The summed E-state index contributed by atoms with van der Waals surface area (Å²) >= 11 is 5.49. The van der Waals surface area contributed by atoms with Crippen molar-refractivity contribution in [3.63, 3.8) is 0 Å². The van der Waals surface area contributed by atoms with E-state index in [2.05, 4.69) is 6.58 Å². The first-order chi connectivity index (χ1) is 4.70. The van der Waals surface area contributed by atoms with Gasteiger partial charge in [-0.05, 0) is 6.42 Å². The van der Waals surface area contributed by atoms with Gasteiger partial charge in [-0.2, -0.15) is 0 Å². The van der Waals surface area contributed by atoms with E-state index in [9.17, 15) is 4.79 Å². The van der Waals surface area contributed by atoms with E-state index in [1.54, 1.807) is 4.90 Å². The van der Waals surface area contributed by atoms with Crippen molar-refractivity contribution in [3.8, 4) is 0 Å². The highest BCUT2D eigenvalue weighted by molar-refractivity contribution is 6.29. The lowest BCUT2D eigenvalue weighted by Gasteiger charge is -2.14. The lowest BCUT2D eigenvalue weighted by atomic mass is 10.4. The van der Waals surface area contributed by atoms with Crippen LogP contribution in [-0.2, 0) is 4.79 Å². The smallest absolute Gasteiger partial charge is 0.210 e. The van der Waals surface area contributed by atoms with E-state index in [1.807, 2.05) is 6.92 Å². The summed E-state index contributed by atoms with van der Waals surface area (Å²) in [6.07, 6.45) is 1.74. The third-order valence-corrected chi connectivity index (χ3v) is 1.15. The third-order valence-electron chi connectivity index (χ3n) is 1.03. The van der Waals surface area contributed by atoms with E-state index in [0.29, 0.717) is 11.6 Å². The first kappa shape index (κ1) is 9.50. The van der Waals surface area contributed by atoms with Gasteiger partial charge in [-0.25, -0.2) is 0 Å². The Morgan fingerprint density at radius 3 is 2.70 bits per heavy atom. The Hall–Kier alpha value is -0.500. The van der Waals surface area contributed by atoms with Gasteiger partial charge in [0.2, 0.25) is 6.41 Å². The Labute approximate surface area is 66.5 Å². The molecule has 3 heteroatoms. The molecule has 0 aromatic carbocycles. The SMILES string of the molecule is C=C(Cl)CN(C=O)CCC. The maximum atomic E-state index is 10.3. The molecule has 0 radical (unpaired) electrons. The zero-order valence-corrected chi connectivity index (χ0v) is 6.90. The number of carbonyl (C=O) groups is 1. The van der Waals surface area contributed by atoms with Gasteiger partial charge in [-0.1, -0.05) is 25.1 Å². The summed E-state index contributed by atoms with van der Waals surface area (Å²) in [6, 6.07) is 0. The fraction of sp³-hybridized carbons (Fsp3) is 0.571. The summed E-state index contributed by atoms with van der Waals surface area (Å²) in [5.41, 5.74) is 0. The Balaban J connectivity index is 3.59. The number of hydrogen-bond donors (Lipinski definition) is 0. The van der Waals surface area contributed by atoms with Gasteiger partial charge in [-0.15, -0.1) is 0 Å². The maximum Gasteiger partial charge on any atom is 0.210 e. The fourth-order valence-corrected chi connectivity index (χ4v) is 0.830. The molecule has 0 spiro atoms. The van der Waals surface area contributed by atoms with Gasteiger partial charge in [0.1, 0.15) is 0 Å². The quantitative estimate of drug-likeness (QED) is 0.561. The van der Waals surface area contributed by atoms with Crippen LogP contribution in [0.15, 0.2) is 11.6 Å². The van der Waals surface area contributed by atoms with Crippen LogP contribution in [0.5, 0.6) is 0 Å². The van der Waals surface area contributed by atoms with Gasteiger partial charge < -0.3 is 4.90 Å². The number of hydrogen-bond acceptors (Lipinski definition) is 1.